The fourth-order valence-corrected chi connectivity index (χ4v) is 2.28. The fraction of sp³-hybridized carbons (Fsp3) is 0.214. The molecular formula is C14H11BrO6. The van der Waals surface area contributed by atoms with Crippen LogP contribution in [0.25, 0.3) is 11.0 Å². The lowest BCUT2D eigenvalue weighted by Crippen LogP contribution is -2.11. The number of carbonyl (C=O) groups is 2. The van der Waals surface area contributed by atoms with E-state index in [0.717, 1.165) is 0 Å². The molecule has 0 saturated carbocycles. The quantitative estimate of drug-likeness (QED) is 0.477. The molecule has 1 heterocycles. The molecule has 0 saturated heterocycles. The molecule has 0 bridgehead atoms. The number of hydrogen-bond donors (Lipinski definition) is 0. The molecule has 0 aliphatic heterocycles. The highest BCUT2D eigenvalue weighted by Gasteiger charge is 2.16. The molecule has 2 aromatic rings. The van der Waals surface area contributed by atoms with Crippen molar-refractivity contribution in [2.75, 3.05) is 7.11 Å². The first-order chi connectivity index (χ1) is 9.92. The third-order valence-electron chi connectivity index (χ3n) is 2.74. The van der Waals surface area contributed by atoms with Crippen LogP contribution in [0, 0.1) is 0 Å². The minimum atomic E-state index is -0.624. The number of halogens is 1. The Labute approximate surface area is 127 Å². The Morgan fingerprint density at radius 1 is 1.33 bits per heavy atom. The van der Waals surface area contributed by atoms with Gasteiger partial charge in [0.25, 0.3) is 0 Å². The van der Waals surface area contributed by atoms with E-state index in [1.54, 1.807) is 12.1 Å². The summed E-state index contributed by atoms with van der Waals surface area (Å²) < 4.78 is 14.8. The van der Waals surface area contributed by atoms with Gasteiger partial charge in [-0.15, -0.1) is 0 Å². The van der Waals surface area contributed by atoms with Gasteiger partial charge in [0, 0.05) is 18.4 Å². The van der Waals surface area contributed by atoms with Crippen LogP contribution in [0.5, 0.6) is 5.75 Å². The van der Waals surface area contributed by atoms with Crippen molar-refractivity contribution >= 4 is 38.8 Å². The molecule has 7 heteroatoms. The maximum Gasteiger partial charge on any atom is 0.350 e. The van der Waals surface area contributed by atoms with Gasteiger partial charge in [-0.3, -0.25) is 9.59 Å². The van der Waals surface area contributed by atoms with E-state index in [4.69, 9.17) is 9.15 Å². The molecular weight excluding hydrogens is 344 g/mol. The van der Waals surface area contributed by atoms with Gasteiger partial charge in [0.2, 0.25) is 0 Å². The molecule has 110 valence electrons. The molecule has 0 unspecified atom stereocenters. The van der Waals surface area contributed by atoms with Gasteiger partial charge in [-0.2, -0.15) is 0 Å². The molecule has 0 aliphatic rings. The molecule has 2 rings (SSSR count). The van der Waals surface area contributed by atoms with Crippen molar-refractivity contribution in [3.05, 3.63) is 38.7 Å². The first-order valence-corrected chi connectivity index (χ1v) is 6.72. The Morgan fingerprint density at radius 2 is 2.05 bits per heavy atom. The number of ether oxygens (including phenoxy) is 2. The van der Waals surface area contributed by atoms with E-state index in [-0.39, 0.29) is 22.2 Å². The van der Waals surface area contributed by atoms with Crippen molar-refractivity contribution < 1.29 is 23.5 Å². The van der Waals surface area contributed by atoms with Gasteiger partial charge in [0.15, 0.2) is 0 Å². The van der Waals surface area contributed by atoms with Crippen molar-refractivity contribution in [1.82, 2.24) is 0 Å². The Kier molecular flexibility index (Phi) is 4.42. The zero-order valence-corrected chi connectivity index (χ0v) is 12.9. The topological polar surface area (TPSA) is 82.8 Å². The van der Waals surface area contributed by atoms with E-state index in [2.05, 4.69) is 20.7 Å². The second-order valence-electron chi connectivity index (χ2n) is 4.19. The number of esters is 2. The van der Waals surface area contributed by atoms with Gasteiger partial charge in [-0.05, 0) is 33.6 Å². The molecule has 0 amide bonds. The maximum atomic E-state index is 11.8. The lowest BCUT2D eigenvalue weighted by molar-refractivity contribution is -0.139. The fourth-order valence-electron chi connectivity index (χ4n) is 1.84. The van der Waals surface area contributed by atoms with Gasteiger partial charge < -0.3 is 13.9 Å². The average Bonchev–Trinajstić information content (AvgIpc) is 2.42. The van der Waals surface area contributed by atoms with Crippen LogP contribution in [0.2, 0.25) is 0 Å². The van der Waals surface area contributed by atoms with Crippen LogP contribution in [0.15, 0.2) is 31.9 Å². The minimum Gasteiger partial charge on any atom is -0.469 e. The Bertz CT molecular complexity index is 777. The Hall–Kier alpha value is -2.15. The predicted octanol–water partition coefficient (Wildman–Crippen LogP) is 2.20. The van der Waals surface area contributed by atoms with Crippen LogP contribution < -0.4 is 10.4 Å². The van der Waals surface area contributed by atoms with E-state index in [1.807, 2.05) is 0 Å². The minimum absolute atomic E-state index is 0.0773. The summed E-state index contributed by atoms with van der Waals surface area (Å²) in [5, 5.41) is 0.558. The highest BCUT2D eigenvalue weighted by molar-refractivity contribution is 9.10. The van der Waals surface area contributed by atoms with Crippen LogP contribution in [0.4, 0.5) is 0 Å². The summed E-state index contributed by atoms with van der Waals surface area (Å²) in [4.78, 5) is 34.2. The van der Waals surface area contributed by atoms with Gasteiger partial charge in [0.1, 0.15) is 15.8 Å². The molecule has 0 atom stereocenters. The summed E-state index contributed by atoms with van der Waals surface area (Å²) in [5.74, 6) is -0.709. The highest BCUT2D eigenvalue weighted by Crippen LogP contribution is 2.27. The van der Waals surface area contributed by atoms with Crippen LogP contribution in [-0.4, -0.2) is 19.0 Å². The number of fused-ring (bicyclic) bond motifs is 1. The second-order valence-corrected chi connectivity index (χ2v) is 4.98. The highest BCUT2D eigenvalue weighted by atomic mass is 79.9. The number of rotatable bonds is 3. The molecule has 0 aliphatic carbocycles. The van der Waals surface area contributed by atoms with Crippen LogP contribution in [0.3, 0.4) is 0 Å². The largest absolute Gasteiger partial charge is 0.469 e. The van der Waals surface area contributed by atoms with E-state index in [9.17, 15) is 14.4 Å². The first-order valence-electron chi connectivity index (χ1n) is 5.93. The molecule has 0 N–H and O–H groups in total. The third-order valence-corrected chi connectivity index (χ3v) is 3.54. The van der Waals surface area contributed by atoms with E-state index in [0.29, 0.717) is 10.9 Å². The summed E-state index contributed by atoms with van der Waals surface area (Å²) in [6.07, 6.45) is -0.0773. The monoisotopic (exact) mass is 354 g/mol. The number of methoxy groups -OCH3 is 1. The molecule has 6 nitrogen and oxygen atoms in total. The smallest absolute Gasteiger partial charge is 0.350 e. The molecule has 0 fully saturated rings. The molecule has 1 aromatic heterocycles. The zero-order chi connectivity index (χ0) is 15.6. The van der Waals surface area contributed by atoms with E-state index < -0.39 is 17.6 Å². The molecule has 0 radical (unpaired) electrons. The summed E-state index contributed by atoms with van der Waals surface area (Å²) in [6.45, 7) is 1.27. The lowest BCUT2D eigenvalue weighted by atomic mass is 10.1. The Balaban J connectivity index is 2.61. The standard InChI is InChI=1S/C14H11BrO6/c1-7(16)20-8-3-4-9-10(6-12(17)19-2)13(15)14(18)21-11(9)5-8/h3-5H,6H2,1-2H3. The van der Waals surface area contributed by atoms with E-state index >= 15 is 0 Å². The predicted molar refractivity (Wildman–Crippen MR) is 77.2 cm³/mol. The van der Waals surface area contributed by atoms with Crippen molar-refractivity contribution in [2.24, 2.45) is 0 Å². The molecule has 21 heavy (non-hydrogen) atoms. The number of benzene rings is 1. The van der Waals surface area contributed by atoms with Crippen molar-refractivity contribution in [3.8, 4) is 5.75 Å². The van der Waals surface area contributed by atoms with Gasteiger partial charge >= 0.3 is 17.6 Å². The normalized spacial score (nSPS) is 10.4. The van der Waals surface area contributed by atoms with Crippen molar-refractivity contribution in [3.63, 3.8) is 0 Å². The molecule has 1 aromatic carbocycles. The average molecular weight is 355 g/mol. The van der Waals surface area contributed by atoms with Gasteiger partial charge in [-0.1, -0.05) is 0 Å². The van der Waals surface area contributed by atoms with Gasteiger partial charge in [0.05, 0.1) is 13.5 Å². The molecule has 0 spiro atoms. The van der Waals surface area contributed by atoms with Crippen LogP contribution >= 0.6 is 15.9 Å². The van der Waals surface area contributed by atoms with Crippen molar-refractivity contribution in [2.45, 2.75) is 13.3 Å². The number of carbonyl (C=O) groups excluding carboxylic acids is 2. The summed E-state index contributed by atoms with van der Waals surface area (Å²) >= 11 is 3.12. The third kappa shape index (κ3) is 3.30. The summed E-state index contributed by atoms with van der Waals surface area (Å²) in [7, 11) is 1.27. The van der Waals surface area contributed by atoms with Gasteiger partial charge in [-0.25, -0.2) is 4.79 Å². The van der Waals surface area contributed by atoms with Crippen molar-refractivity contribution in [1.29, 1.82) is 0 Å². The lowest BCUT2D eigenvalue weighted by Gasteiger charge is -2.08. The Morgan fingerprint density at radius 3 is 2.67 bits per heavy atom. The number of hydrogen-bond acceptors (Lipinski definition) is 6. The summed E-state index contributed by atoms with van der Waals surface area (Å²) in [6, 6.07) is 4.59. The second kappa shape index (κ2) is 6.09. The van der Waals surface area contributed by atoms with Crippen LogP contribution in [-0.2, 0) is 20.7 Å². The first kappa shape index (κ1) is 15.2. The SMILES string of the molecule is COC(=O)Cc1c(Br)c(=O)oc2cc(OC(C)=O)ccc12. The van der Waals surface area contributed by atoms with E-state index in [1.165, 1.54) is 20.1 Å². The maximum absolute atomic E-state index is 11.8. The van der Waals surface area contributed by atoms with Crippen LogP contribution in [0.1, 0.15) is 12.5 Å². The summed E-state index contributed by atoms with van der Waals surface area (Å²) in [5.41, 5.74) is 0.0599. The zero-order valence-electron chi connectivity index (χ0n) is 11.3.